The Kier molecular flexibility index (Phi) is 2.88. The van der Waals surface area contributed by atoms with Gasteiger partial charge in [0.25, 0.3) is 0 Å². The Bertz CT molecular complexity index is 454. The number of hydrogen-bond acceptors (Lipinski definition) is 4. The number of rotatable bonds is 3. The van der Waals surface area contributed by atoms with E-state index in [9.17, 15) is 0 Å². The Hall–Kier alpha value is -1.23. The third kappa shape index (κ3) is 1.98. The molecule has 0 aliphatic heterocycles. The number of thiazole rings is 1. The van der Waals surface area contributed by atoms with Crippen molar-refractivity contribution in [3.8, 4) is 0 Å². The fraction of sp³-hybridized carbons (Fsp3) is 0.125. The Morgan fingerprint density at radius 3 is 3.14 bits per heavy atom. The molecule has 0 fully saturated rings. The van der Waals surface area contributed by atoms with Crippen molar-refractivity contribution < 1.29 is 0 Å². The van der Waals surface area contributed by atoms with E-state index in [1.54, 1.807) is 11.3 Å². The highest BCUT2D eigenvalue weighted by atomic mass is 32.2. The topological polar surface area (TPSA) is 61.7 Å². The average Bonchev–Trinajstić information content (AvgIpc) is 2.60. The standard InChI is InChI=1S/C8H6N4S2/c9-12-10-5-13-8-11-6-3-1-2-4-7(6)14-8/h1-4H,5H2. The van der Waals surface area contributed by atoms with E-state index in [4.69, 9.17) is 5.53 Å². The Balaban J connectivity index is 2.22. The first kappa shape index (κ1) is 9.33. The lowest BCUT2D eigenvalue weighted by Gasteiger charge is -1.85. The van der Waals surface area contributed by atoms with Crippen molar-refractivity contribution >= 4 is 33.3 Å². The van der Waals surface area contributed by atoms with Crippen LogP contribution in [-0.2, 0) is 0 Å². The predicted octanol–water partition coefficient (Wildman–Crippen LogP) is 3.66. The number of fused-ring (bicyclic) bond motifs is 1. The lowest BCUT2D eigenvalue weighted by Crippen LogP contribution is -1.69. The van der Waals surface area contributed by atoms with Crippen LogP contribution < -0.4 is 0 Å². The smallest absolute Gasteiger partial charge is 0.151 e. The zero-order chi connectivity index (χ0) is 9.80. The molecule has 0 N–H and O–H groups in total. The van der Waals surface area contributed by atoms with Gasteiger partial charge in [0.15, 0.2) is 4.34 Å². The van der Waals surface area contributed by atoms with Crippen LogP contribution in [0.25, 0.3) is 20.7 Å². The molecule has 0 aliphatic rings. The maximum absolute atomic E-state index is 8.11. The second-order valence-electron chi connectivity index (χ2n) is 2.45. The predicted molar refractivity (Wildman–Crippen MR) is 59.5 cm³/mol. The van der Waals surface area contributed by atoms with Gasteiger partial charge in [-0.25, -0.2) is 4.98 Å². The molecule has 14 heavy (non-hydrogen) atoms. The van der Waals surface area contributed by atoms with Crippen LogP contribution in [0.3, 0.4) is 0 Å². The first-order chi connectivity index (χ1) is 6.90. The lowest BCUT2D eigenvalue weighted by molar-refractivity contribution is 1.27. The number of nitrogens with zero attached hydrogens (tertiary/aromatic N) is 4. The Morgan fingerprint density at radius 2 is 2.36 bits per heavy atom. The molecule has 2 rings (SSSR count). The minimum absolute atomic E-state index is 0.399. The van der Waals surface area contributed by atoms with Gasteiger partial charge in [-0.15, -0.1) is 11.3 Å². The van der Waals surface area contributed by atoms with Crippen molar-refractivity contribution in [1.82, 2.24) is 4.98 Å². The summed E-state index contributed by atoms with van der Waals surface area (Å²) < 4.78 is 2.11. The van der Waals surface area contributed by atoms with Gasteiger partial charge in [-0.2, -0.15) is 0 Å². The second-order valence-corrected chi connectivity index (χ2v) is 4.67. The normalized spacial score (nSPS) is 10.0. The van der Waals surface area contributed by atoms with Gasteiger partial charge in [0.05, 0.1) is 16.1 Å². The number of azide groups is 1. The Morgan fingerprint density at radius 1 is 1.50 bits per heavy atom. The van der Waals surface area contributed by atoms with Crippen molar-refractivity contribution in [2.24, 2.45) is 5.11 Å². The number of aromatic nitrogens is 1. The van der Waals surface area contributed by atoms with Crippen LogP contribution in [0.4, 0.5) is 0 Å². The Labute approximate surface area is 88.6 Å². The van der Waals surface area contributed by atoms with Gasteiger partial charge >= 0.3 is 0 Å². The van der Waals surface area contributed by atoms with E-state index in [-0.39, 0.29) is 0 Å². The van der Waals surface area contributed by atoms with Gasteiger partial charge in [0.2, 0.25) is 0 Å². The molecule has 1 heterocycles. The highest BCUT2D eigenvalue weighted by Crippen LogP contribution is 2.29. The maximum Gasteiger partial charge on any atom is 0.151 e. The van der Waals surface area contributed by atoms with Crippen LogP contribution in [0.15, 0.2) is 33.7 Å². The van der Waals surface area contributed by atoms with Crippen molar-refractivity contribution in [2.45, 2.75) is 4.34 Å². The van der Waals surface area contributed by atoms with Crippen LogP contribution in [0, 0.1) is 0 Å². The van der Waals surface area contributed by atoms with Crippen molar-refractivity contribution in [3.05, 3.63) is 34.7 Å². The molecule has 0 aliphatic carbocycles. The molecule has 1 aromatic heterocycles. The summed E-state index contributed by atoms with van der Waals surface area (Å²) in [4.78, 5) is 7.07. The van der Waals surface area contributed by atoms with Gasteiger partial charge < -0.3 is 0 Å². The summed E-state index contributed by atoms with van der Waals surface area (Å²) in [6.45, 7) is 0. The summed E-state index contributed by atoms with van der Waals surface area (Å²) in [6, 6.07) is 7.96. The van der Waals surface area contributed by atoms with Crippen LogP contribution in [0.1, 0.15) is 0 Å². The SMILES string of the molecule is [N-]=[N+]=NCSc1nc2ccccc2s1. The molecule has 4 nitrogen and oxygen atoms in total. The third-order valence-electron chi connectivity index (χ3n) is 1.58. The lowest BCUT2D eigenvalue weighted by atomic mass is 10.3. The van der Waals surface area contributed by atoms with Crippen LogP contribution in [0.5, 0.6) is 0 Å². The molecule has 0 bridgehead atoms. The number of benzene rings is 1. The van der Waals surface area contributed by atoms with Crippen LogP contribution in [0.2, 0.25) is 0 Å². The van der Waals surface area contributed by atoms with E-state index in [0.717, 1.165) is 14.6 Å². The zero-order valence-electron chi connectivity index (χ0n) is 7.12. The van der Waals surface area contributed by atoms with E-state index < -0.39 is 0 Å². The maximum atomic E-state index is 8.11. The number of hydrogen-bond donors (Lipinski definition) is 0. The van der Waals surface area contributed by atoms with Crippen LogP contribution >= 0.6 is 23.1 Å². The quantitative estimate of drug-likeness (QED) is 0.344. The summed E-state index contributed by atoms with van der Waals surface area (Å²) in [7, 11) is 0. The van der Waals surface area contributed by atoms with Crippen molar-refractivity contribution in [3.63, 3.8) is 0 Å². The molecule has 0 radical (unpaired) electrons. The fourth-order valence-electron chi connectivity index (χ4n) is 1.02. The van der Waals surface area contributed by atoms with Gasteiger partial charge in [-0.3, -0.25) is 0 Å². The number of para-hydroxylation sites is 1. The van der Waals surface area contributed by atoms with E-state index in [0.29, 0.717) is 5.88 Å². The molecule has 2 aromatic rings. The molecule has 6 heteroatoms. The monoisotopic (exact) mass is 222 g/mol. The first-order valence-electron chi connectivity index (χ1n) is 3.89. The molecule has 0 amide bonds. The second kappa shape index (κ2) is 4.32. The fourth-order valence-corrected chi connectivity index (χ4v) is 2.77. The van der Waals surface area contributed by atoms with E-state index >= 15 is 0 Å². The molecule has 70 valence electrons. The highest BCUT2D eigenvalue weighted by Gasteiger charge is 2.01. The van der Waals surface area contributed by atoms with Gasteiger partial charge in [0.1, 0.15) is 0 Å². The molecular weight excluding hydrogens is 216 g/mol. The van der Waals surface area contributed by atoms with E-state index in [1.165, 1.54) is 11.8 Å². The minimum Gasteiger partial charge on any atom is -0.230 e. The van der Waals surface area contributed by atoms with Gasteiger partial charge in [-0.05, 0) is 17.7 Å². The first-order valence-corrected chi connectivity index (χ1v) is 5.69. The molecule has 0 atom stereocenters. The molecular formula is C8H6N4S2. The molecule has 0 spiro atoms. The zero-order valence-corrected chi connectivity index (χ0v) is 8.75. The van der Waals surface area contributed by atoms with Gasteiger partial charge in [-0.1, -0.05) is 29.0 Å². The molecule has 0 unspecified atom stereocenters. The largest absolute Gasteiger partial charge is 0.230 e. The van der Waals surface area contributed by atoms with E-state index in [1.807, 2.05) is 24.3 Å². The van der Waals surface area contributed by atoms with Crippen molar-refractivity contribution in [1.29, 1.82) is 0 Å². The van der Waals surface area contributed by atoms with Crippen molar-refractivity contribution in [2.75, 3.05) is 5.88 Å². The highest BCUT2D eigenvalue weighted by molar-refractivity contribution is 8.01. The molecule has 1 aromatic carbocycles. The minimum atomic E-state index is 0.399. The average molecular weight is 222 g/mol. The van der Waals surface area contributed by atoms with Gasteiger partial charge in [0, 0.05) is 4.91 Å². The third-order valence-corrected chi connectivity index (χ3v) is 3.60. The number of thioether (sulfide) groups is 1. The molecule has 0 saturated carbocycles. The van der Waals surface area contributed by atoms with E-state index in [2.05, 4.69) is 15.0 Å². The molecule has 0 saturated heterocycles. The summed E-state index contributed by atoms with van der Waals surface area (Å²) in [6.07, 6.45) is 0. The summed E-state index contributed by atoms with van der Waals surface area (Å²) in [5.41, 5.74) is 9.11. The van der Waals surface area contributed by atoms with Crippen LogP contribution in [-0.4, -0.2) is 10.9 Å². The summed E-state index contributed by atoms with van der Waals surface area (Å²) >= 11 is 3.07. The summed E-state index contributed by atoms with van der Waals surface area (Å²) in [5, 5.41) is 3.45. The summed E-state index contributed by atoms with van der Waals surface area (Å²) in [5.74, 6) is 0.399.